The molecule has 5 heterocycles. The van der Waals surface area contributed by atoms with Crippen molar-refractivity contribution in [2.75, 3.05) is 0 Å². The molecule has 1 aromatic carbocycles. The third-order valence-electron chi connectivity index (χ3n) is 5.68. The molecule has 0 amide bonds. The van der Waals surface area contributed by atoms with E-state index in [0.29, 0.717) is 11.2 Å². The lowest BCUT2D eigenvalue weighted by atomic mass is 10.1. The maximum Gasteiger partial charge on any atom is 0.268 e. The van der Waals surface area contributed by atoms with Crippen LogP contribution in [0.2, 0.25) is 0 Å². The van der Waals surface area contributed by atoms with E-state index in [1.54, 1.807) is 66.0 Å². The Kier molecular flexibility index (Phi) is 4.21. The molecule has 0 aliphatic rings. The summed E-state index contributed by atoms with van der Waals surface area (Å²) in [6, 6.07) is 14.2. The molecule has 0 saturated heterocycles. The molecule has 0 saturated carbocycles. The molecular formula is C24H18N6O2S. The van der Waals surface area contributed by atoms with Gasteiger partial charge >= 0.3 is 0 Å². The second-order valence-corrected chi connectivity index (χ2v) is 9.56. The summed E-state index contributed by atoms with van der Waals surface area (Å²) in [6.07, 6.45) is 12.3. The van der Waals surface area contributed by atoms with Gasteiger partial charge in [-0.15, -0.1) is 0 Å². The van der Waals surface area contributed by atoms with Gasteiger partial charge < -0.3 is 0 Å². The average Bonchev–Trinajstić information content (AvgIpc) is 3.55. The van der Waals surface area contributed by atoms with Crippen LogP contribution >= 0.6 is 0 Å². The second-order valence-electron chi connectivity index (χ2n) is 7.75. The van der Waals surface area contributed by atoms with Crippen LogP contribution < -0.4 is 0 Å². The summed E-state index contributed by atoms with van der Waals surface area (Å²) >= 11 is 0. The van der Waals surface area contributed by atoms with Gasteiger partial charge in [0.2, 0.25) is 0 Å². The molecule has 162 valence electrons. The lowest BCUT2D eigenvalue weighted by Gasteiger charge is -2.06. The van der Waals surface area contributed by atoms with E-state index in [2.05, 4.69) is 16.1 Å². The number of aromatic nitrogens is 6. The van der Waals surface area contributed by atoms with Crippen LogP contribution in [0.25, 0.3) is 38.8 Å². The summed E-state index contributed by atoms with van der Waals surface area (Å²) in [4.78, 5) is 9.07. The molecule has 0 aliphatic heterocycles. The average molecular weight is 455 g/mol. The number of hydrogen-bond acceptors (Lipinski definition) is 5. The number of benzene rings is 1. The molecule has 0 unspecified atom stereocenters. The molecule has 0 radical (unpaired) electrons. The molecular weight excluding hydrogens is 436 g/mol. The molecule has 0 N–H and O–H groups in total. The quantitative estimate of drug-likeness (QED) is 0.402. The molecule has 0 atom stereocenters. The van der Waals surface area contributed by atoms with Gasteiger partial charge in [-0.25, -0.2) is 17.4 Å². The van der Waals surface area contributed by atoms with Crippen molar-refractivity contribution in [1.82, 2.24) is 28.3 Å². The van der Waals surface area contributed by atoms with Gasteiger partial charge in [0.25, 0.3) is 10.0 Å². The smallest absolute Gasteiger partial charge is 0.268 e. The van der Waals surface area contributed by atoms with Crippen molar-refractivity contribution < 1.29 is 8.42 Å². The van der Waals surface area contributed by atoms with Crippen molar-refractivity contribution in [2.24, 2.45) is 7.05 Å². The predicted octanol–water partition coefficient (Wildman–Crippen LogP) is 4.01. The number of aryl methyl sites for hydroxylation is 1. The lowest BCUT2D eigenvalue weighted by molar-refractivity contribution is 0.589. The minimum atomic E-state index is -3.80. The third kappa shape index (κ3) is 3.05. The van der Waals surface area contributed by atoms with Crippen molar-refractivity contribution in [3.05, 3.63) is 91.9 Å². The van der Waals surface area contributed by atoms with Gasteiger partial charge in [-0.3, -0.25) is 14.2 Å². The van der Waals surface area contributed by atoms with Crippen LogP contribution in [0.1, 0.15) is 0 Å². The summed E-state index contributed by atoms with van der Waals surface area (Å²) in [5.74, 6) is 0. The highest BCUT2D eigenvalue weighted by Gasteiger charge is 2.22. The van der Waals surface area contributed by atoms with E-state index in [1.165, 1.54) is 3.97 Å². The highest BCUT2D eigenvalue weighted by molar-refractivity contribution is 7.90. The molecule has 33 heavy (non-hydrogen) atoms. The van der Waals surface area contributed by atoms with E-state index in [4.69, 9.17) is 4.98 Å². The Bertz CT molecular complexity index is 1750. The summed E-state index contributed by atoms with van der Waals surface area (Å²) < 4.78 is 31.7. The fourth-order valence-electron chi connectivity index (χ4n) is 4.07. The van der Waals surface area contributed by atoms with Gasteiger partial charge in [-0.1, -0.05) is 18.2 Å². The largest absolute Gasteiger partial charge is 0.299 e. The lowest BCUT2D eigenvalue weighted by Crippen LogP contribution is -2.11. The maximum absolute atomic E-state index is 13.4. The minimum absolute atomic E-state index is 0.217. The Hall–Kier alpha value is -4.24. The van der Waals surface area contributed by atoms with Crippen LogP contribution in [0.4, 0.5) is 0 Å². The minimum Gasteiger partial charge on any atom is -0.299 e. The van der Waals surface area contributed by atoms with E-state index in [0.717, 1.165) is 27.5 Å². The number of hydrogen-bond donors (Lipinski definition) is 0. The van der Waals surface area contributed by atoms with Gasteiger partial charge in [-0.05, 0) is 30.3 Å². The third-order valence-corrected chi connectivity index (χ3v) is 7.37. The number of rotatable bonds is 4. The Morgan fingerprint density at radius 2 is 1.76 bits per heavy atom. The first-order chi connectivity index (χ1) is 16.0. The van der Waals surface area contributed by atoms with E-state index < -0.39 is 10.0 Å². The SMILES string of the molecule is Cn1cc(-c2cnc3c(ccn3-c3cn(S(=O)(=O)c4ccccc4)c4cnccc34)c2)cn1. The number of nitrogens with zero attached hydrogens (tertiary/aromatic N) is 6. The normalized spacial score (nSPS) is 12.0. The zero-order chi connectivity index (χ0) is 22.6. The molecule has 0 fully saturated rings. The summed E-state index contributed by atoms with van der Waals surface area (Å²) in [7, 11) is -1.92. The molecule has 0 spiro atoms. The van der Waals surface area contributed by atoms with E-state index in [-0.39, 0.29) is 4.90 Å². The summed E-state index contributed by atoms with van der Waals surface area (Å²) in [5, 5.41) is 5.93. The Morgan fingerprint density at radius 1 is 0.909 bits per heavy atom. The van der Waals surface area contributed by atoms with Crippen LogP contribution in [0.3, 0.4) is 0 Å². The summed E-state index contributed by atoms with van der Waals surface area (Å²) in [5.41, 5.74) is 3.90. The highest BCUT2D eigenvalue weighted by atomic mass is 32.2. The molecule has 9 heteroatoms. The Balaban J connectivity index is 1.54. The van der Waals surface area contributed by atoms with Crippen LogP contribution in [0.5, 0.6) is 0 Å². The molecule has 6 aromatic rings. The molecule has 6 rings (SSSR count). The fourth-order valence-corrected chi connectivity index (χ4v) is 5.44. The van der Waals surface area contributed by atoms with E-state index >= 15 is 0 Å². The zero-order valence-electron chi connectivity index (χ0n) is 17.6. The van der Waals surface area contributed by atoms with Crippen LogP contribution in [0, 0.1) is 0 Å². The van der Waals surface area contributed by atoms with Crippen molar-refractivity contribution in [3.63, 3.8) is 0 Å². The first-order valence-electron chi connectivity index (χ1n) is 10.2. The maximum atomic E-state index is 13.4. The Morgan fingerprint density at radius 3 is 2.55 bits per heavy atom. The molecule has 0 aliphatic carbocycles. The van der Waals surface area contributed by atoms with Gasteiger partial charge in [0.15, 0.2) is 0 Å². The van der Waals surface area contributed by atoms with E-state index in [9.17, 15) is 8.42 Å². The first-order valence-corrected chi connectivity index (χ1v) is 11.7. The van der Waals surface area contributed by atoms with Crippen molar-refractivity contribution in [3.8, 4) is 16.8 Å². The topological polar surface area (TPSA) is 87.6 Å². The zero-order valence-corrected chi connectivity index (χ0v) is 18.4. The van der Waals surface area contributed by atoms with Crippen LogP contribution in [-0.2, 0) is 17.1 Å². The van der Waals surface area contributed by atoms with Gasteiger partial charge in [-0.2, -0.15) is 5.10 Å². The molecule has 0 bridgehead atoms. The number of pyridine rings is 2. The Labute approximate surface area is 189 Å². The highest BCUT2D eigenvalue weighted by Crippen LogP contribution is 2.31. The standard InChI is InChI=1S/C24H18N6O2S/c1-28-15-19(13-27-28)18-11-17-8-10-29(24(17)26-12-18)23-16-30(22-14-25-9-7-21(22)23)33(31,32)20-5-3-2-4-6-20/h2-16H,1H3. The van der Waals surface area contributed by atoms with Crippen molar-refractivity contribution in [2.45, 2.75) is 4.90 Å². The fraction of sp³-hybridized carbons (Fsp3) is 0.0417. The van der Waals surface area contributed by atoms with Crippen LogP contribution in [-0.4, -0.2) is 36.7 Å². The van der Waals surface area contributed by atoms with Crippen LogP contribution in [0.15, 0.2) is 96.8 Å². The van der Waals surface area contributed by atoms with Gasteiger partial charge in [0.1, 0.15) is 5.65 Å². The second kappa shape index (κ2) is 7.14. The number of fused-ring (bicyclic) bond motifs is 2. The van der Waals surface area contributed by atoms with E-state index in [1.807, 2.05) is 36.1 Å². The molecule has 5 aromatic heterocycles. The predicted molar refractivity (Wildman–Crippen MR) is 126 cm³/mol. The van der Waals surface area contributed by atoms with Crippen molar-refractivity contribution >= 4 is 32.0 Å². The first kappa shape index (κ1) is 19.4. The summed E-state index contributed by atoms with van der Waals surface area (Å²) in [6.45, 7) is 0. The van der Waals surface area contributed by atoms with Gasteiger partial charge in [0, 0.05) is 59.9 Å². The van der Waals surface area contributed by atoms with Gasteiger partial charge in [0.05, 0.1) is 28.5 Å². The molecule has 8 nitrogen and oxygen atoms in total. The monoisotopic (exact) mass is 454 g/mol. The van der Waals surface area contributed by atoms with Crippen molar-refractivity contribution in [1.29, 1.82) is 0 Å².